The maximum absolute atomic E-state index is 12.8. The molecule has 2 aromatic rings. The first-order chi connectivity index (χ1) is 13.1. The van der Waals surface area contributed by atoms with Gasteiger partial charge in [0.05, 0.1) is 17.4 Å². The van der Waals surface area contributed by atoms with Crippen LogP contribution in [0.2, 0.25) is 0 Å². The lowest BCUT2D eigenvalue weighted by atomic mass is 10.2. The number of anilines is 2. The number of hydrogen-bond acceptors (Lipinski definition) is 4. The molecule has 2 N–H and O–H groups in total. The minimum atomic E-state index is -0.274. The van der Waals surface area contributed by atoms with Gasteiger partial charge in [-0.15, -0.1) is 0 Å². The van der Waals surface area contributed by atoms with Crippen molar-refractivity contribution < 1.29 is 14.3 Å². The SMILES string of the molecule is CN1C(=O)c2ccccc2Sc2ccc(NC(=O)NC[C@H]3CCCO3)cc21. The van der Waals surface area contributed by atoms with Crippen molar-refractivity contribution in [2.45, 2.75) is 28.7 Å². The summed E-state index contributed by atoms with van der Waals surface area (Å²) in [4.78, 5) is 28.5. The van der Waals surface area contributed by atoms with Gasteiger partial charge in [-0.2, -0.15) is 0 Å². The summed E-state index contributed by atoms with van der Waals surface area (Å²) in [5, 5.41) is 5.68. The summed E-state index contributed by atoms with van der Waals surface area (Å²) in [6, 6.07) is 12.9. The molecular weight excluding hydrogens is 362 g/mol. The number of fused-ring (bicyclic) bond motifs is 2. The van der Waals surface area contributed by atoms with Crippen LogP contribution >= 0.6 is 11.8 Å². The highest BCUT2D eigenvalue weighted by Gasteiger charge is 2.25. The fraction of sp³-hybridized carbons (Fsp3) is 0.300. The molecule has 0 radical (unpaired) electrons. The fourth-order valence-electron chi connectivity index (χ4n) is 3.27. The van der Waals surface area contributed by atoms with E-state index in [0.717, 1.165) is 34.9 Å². The molecule has 140 valence electrons. The fourth-order valence-corrected chi connectivity index (χ4v) is 4.36. The Hall–Kier alpha value is -2.51. The number of hydrogen-bond donors (Lipinski definition) is 2. The predicted octanol–water partition coefficient (Wildman–Crippen LogP) is 3.73. The molecular formula is C20H21N3O3S. The first kappa shape index (κ1) is 17.9. The Morgan fingerprint density at radius 3 is 2.93 bits per heavy atom. The van der Waals surface area contributed by atoms with Crippen LogP contribution in [0.15, 0.2) is 52.3 Å². The first-order valence-corrected chi connectivity index (χ1v) is 9.79. The highest BCUT2D eigenvalue weighted by Crippen LogP contribution is 2.41. The molecule has 0 spiro atoms. The normalized spacial score (nSPS) is 18.5. The molecule has 0 aromatic heterocycles. The van der Waals surface area contributed by atoms with Crippen molar-refractivity contribution in [1.29, 1.82) is 0 Å². The van der Waals surface area contributed by atoms with E-state index < -0.39 is 0 Å². The summed E-state index contributed by atoms with van der Waals surface area (Å²) in [7, 11) is 1.76. The molecule has 2 aliphatic heterocycles. The number of nitrogens with zero attached hydrogens (tertiary/aromatic N) is 1. The van der Waals surface area contributed by atoms with Gasteiger partial charge in [0.25, 0.3) is 5.91 Å². The molecule has 0 bridgehead atoms. The van der Waals surface area contributed by atoms with E-state index in [0.29, 0.717) is 17.8 Å². The molecule has 1 fully saturated rings. The lowest BCUT2D eigenvalue weighted by Gasteiger charge is -2.19. The van der Waals surface area contributed by atoms with E-state index in [4.69, 9.17) is 4.74 Å². The van der Waals surface area contributed by atoms with Crippen molar-refractivity contribution in [3.8, 4) is 0 Å². The van der Waals surface area contributed by atoms with Gasteiger partial charge in [0.15, 0.2) is 0 Å². The molecule has 6 nitrogen and oxygen atoms in total. The van der Waals surface area contributed by atoms with E-state index in [1.54, 1.807) is 23.7 Å². The molecule has 7 heteroatoms. The average molecular weight is 383 g/mol. The number of carbonyl (C=O) groups is 2. The topological polar surface area (TPSA) is 70.7 Å². The van der Waals surface area contributed by atoms with Crippen LogP contribution in [0.1, 0.15) is 23.2 Å². The predicted molar refractivity (Wildman–Crippen MR) is 106 cm³/mol. The van der Waals surface area contributed by atoms with Crippen LogP contribution < -0.4 is 15.5 Å². The van der Waals surface area contributed by atoms with Crippen molar-refractivity contribution >= 4 is 35.1 Å². The van der Waals surface area contributed by atoms with E-state index in [-0.39, 0.29) is 18.0 Å². The third kappa shape index (κ3) is 3.79. The number of amides is 3. The van der Waals surface area contributed by atoms with Crippen LogP contribution in [-0.4, -0.2) is 38.2 Å². The summed E-state index contributed by atoms with van der Waals surface area (Å²) in [5.41, 5.74) is 2.10. The second-order valence-corrected chi connectivity index (χ2v) is 7.70. The molecule has 0 unspecified atom stereocenters. The standard InChI is InChI=1S/C20H21N3O3S/c1-23-16-11-13(22-20(25)21-12-14-5-4-10-26-14)8-9-18(16)27-17-7-3-2-6-15(17)19(23)24/h2-3,6-9,11,14H,4-5,10,12H2,1H3,(H2,21,22,25)/t14-/m1/s1. The molecule has 0 saturated carbocycles. The van der Waals surface area contributed by atoms with Crippen LogP contribution in [0, 0.1) is 0 Å². The van der Waals surface area contributed by atoms with Crippen molar-refractivity contribution in [2.75, 3.05) is 30.4 Å². The van der Waals surface area contributed by atoms with Gasteiger partial charge in [-0.1, -0.05) is 23.9 Å². The zero-order valence-electron chi connectivity index (χ0n) is 15.0. The molecule has 4 rings (SSSR count). The van der Waals surface area contributed by atoms with E-state index in [2.05, 4.69) is 10.6 Å². The third-order valence-electron chi connectivity index (χ3n) is 4.73. The Bertz CT molecular complexity index is 881. The number of benzene rings is 2. The Morgan fingerprint density at radius 1 is 1.26 bits per heavy atom. The maximum Gasteiger partial charge on any atom is 0.319 e. The van der Waals surface area contributed by atoms with E-state index in [1.807, 2.05) is 42.5 Å². The molecule has 1 atom stereocenters. The van der Waals surface area contributed by atoms with Crippen LogP contribution in [0.25, 0.3) is 0 Å². The molecule has 27 heavy (non-hydrogen) atoms. The van der Waals surface area contributed by atoms with Gasteiger partial charge in [0.2, 0.25) is 0 Å². The zero-order valence-corrected chi connectivity index (χ0v) is 15.8. The van der Waals surface area contributed by atoms with Gasteiger partial charge in [-0.3, -0.25) is 4.79 Å². The second-order valence-electron chi connectivity index (χ2n) is 6.61. The number of rotatable bonds is 3. The Balaban J connectivity index is 1.50. The summed E-state index contributed by atoms with van der Waals surface area (Å²) in [5.74, 6) is -0.0585. The molecule has 1 saturated heterocycles. The third-order valence-corrected chi connectivity index (χ3v) is 5.88. The largest absolute Gasteiger partial charge is 0.376 e. The van der Waals surface area contributed by atoms with Crippen LogP contribution in [-0.2, 0) is 4.74 Å². The van der Waals surface area contributed by atoms with Crippen molar-refractivity contribution in [1.82, 2.24) is 5.32 Å². The van der Waals surface area contributed by atoms with Gasteiger partial charge < -0.3 is 20.3 Å². The summed E-state index contributed by atoms with van der Waals surface area (Å²) < 4.78 is 5.51. The summed E-state index contributed by atoms with van der Waals surface area (Å²) in [6.45, 7) is 1.26. The second kappa shape index (κ2) is 7.62. The number of ether oxygens (including phenoxy) is 1. The van der Waals surface area contributed by atoms with Crippen LogP contribution in [0.5, 0.6) is 0 Å². The highest BCUT2D eigenvalue weighted by molar-refractivity contribution is 7.99. The van der Waals surface area contributed by atoms with Crippen molar-refractivity contribution in [3.63, 3.8) is 0 Å². The van der Waals surface area contributed by atoms with Gasteiger partial charge in [0, 0.05) is 35.7 Å². The Labute approximate surface area is 162 Å². The Kier molecular flexibility index (Phi) is 5.05. The smallest absolute Gasteiger partial charge is 0.319 e. The molecule has 3 amide bonds. The minimum Gasteiger partial charge on any atom is -0.376 e. The van der Waals surface area contributed by atoms with Crippen molar-refractivity contribution in [3.05, 3.63) is 48.0 Å². The average Bonchev–Trinajstić information content (AvgIpc) is 3.17. The number of urea groups is 1. The lowest BCUT2D eigenvalue weighted by Crippen LogP contribution is -2.35. The zero-order chi connectivity index (χ0) is 18.8. The summed E-state index contributed by atoms with van der Waals surface area (Å²) in [6.07, 6.45) is 2.12. The molecule has 2 aromatic carbocycles. The van der Waals surface area contributed by atoms with Crippen LogP contribution in [0.3, 0.4) is 0 Å². The number of nitrogens with one attached hydrogen (secondary N) is 2. The quantitative estimate of drug-likeness (QED) is 0.847. The highest BCUT2D eigenvalue weighted by atomic mass is 32.2. The first-order valence-electron chi connectivity index (χ1n) is 8.97. The molecule has 2 heterocycles. The van der Waals surface area contributed by atoms with Gasteiger partial charge in [-0.25, -0.2) is 4.79 Å². The van der Waals surface area contributed by atoms with Gasteiger partial charge in [-0.05, 0) is 43.2 Å². The lowest BCUT2D eigenvalue weighted by molar-refractivity contribution is 0.0990. The van der Waals surface area contributed by atoms with Crippen molar-refractivity contribution in [2.24, 2.45) is 0 Å². The van der Waals surface area contributed by atoms with E-state index >= 15 is 0 Å². The van der Waals surface area contributed by atoms with E-state index in [1.165, 1.54) is 0 Å². The number of carbonyl (C=O) groups excluding carboxylic acids is 2. The van der Waals surface area contributed by atoms with Crippen LogP contribution in [0.4, 0.5) is 16.2 Å². The maximum atomic E-state index is 12.8. The summed E-state index contributed by atoms with van der Waals surface area (Å²) >= 11 is 1.56. The Morgan fingerprint density at radius 2 is 2.11 bits per heavy atom. The molecule has 2 aliphatic rings. The monoisotopic (exact) mass is 383 g/mol. The van der Waals surface area contributed by atoms with Gasteiger partial charge in [0.1, 0.15) is 0 Å². The van der Waals surface area contributed by atoms with E-state index in [9.17, 15) is 9.59 Å². The minimum absolute atomic E-state index is 0.0585. The van der Waals surface area contributed by atoms with Gasteiger partial charge >= 0.3 is 6.03 Å². The molecule has 0 aliphatic carbocycles.